The first-order valence-electron chi connectivity index (χ1n) is 8.43. The van der Waals surface area contributed by atoms with Gasteiger partial charge in [0.1, 0.15) is 0 Å². The van der Waals surface area contributed by atoms with Crippen molar-refractivity contribution in [1.29, 1.82) is 0 Å². The van der Waals surface area contributed by atoms with Crippen LogP contribution < -0.4 is 5.32 Å². The lowest BCUT2D eigenvalue weighted by molar-refractivity contribution is 0.0263. The molecule has 0 bridgehead atoms. The summed E-state index contributed by atoms with van der Waals surface area (Å²) < 4.78 is 5.72. The first-order chi connectivity index (χ1) is 10.1. The van der Waals surface area contributed by atoms with Gasteiger partial charge in [-0.25, -0.2) is 0 Å². The topological polar surface area (TPSA) is 40.1 Å². The molecule has 0 amide bonds. The highest BCUT2D eigenvalue weighted by molar-refractivity contribution is 14.0. The number of aliphatic imine (C=N–C) groups is 1. The van der Waals surface area contributed by atoms with Crippen molar-refractivity contribution in [3.63, 3.8) is 0 Å². The normalized spacial score (nSPS) is 17.0. The number of rotatable bonds is 7. The zero-order chi connectivity index (χ0) is 15.7. The van der Waals surface area contributed by atoms with E-state index >= 15 is 0 Å². The Balaban J connectivity index is 0.00000441. The Labute approximate surface area is 153 Å². The third kappa shape index (κ3) is 7.97. The predicted molar refractivity (Wildman–Crippen MR) is 105 cm³/mol. The van der Waals surface area contributed by atoms with Gasteiger partial charge in [0.2, 0.25) is 0 Å². The fourth-order valence-corrected chi connectivity index (χ4v) is 2.47. The van der Waals surface area contributed by atoms with E-state index < -0.39 is 0 Å². The number of hydrogen-bond acceptors (Lipinski definition) is 3. The molecule has 0 aromatic carbocycles. The smallest absolute Gasteiger partial charge is 0.193 e. The number of nitrogens with one attached hydrogen (secondary N) is 1. The van der Waals surface area contributed by atoms with Crippen LogP contribution in [0.15, 0.2) is 4.99 Å². The number of hydrogen-bond donors (Lipinski definition) is 1. The number of likely N-dealkylation sites (N-methyl/N-ethyl adjacent to an activating group) is 1. The fraction of sp³-hybridized carbons (Fsp3) is 0.938. The van der Waals surface area contributed by atoms with Crippen LogP contribution in [-0.4, -0.2) is 74.3 Å². The molecule has 5 nitrogen and oxygen atoms in total. The summed E-state index contributed by atoms with van der Waals surface area (Å²) in [4.78, 5) is 9.48. The first-order valence-corrected chi connectivity index (χ1v) is 8.43. The number of ether oxygens (including phenoxy) is 1. The van der Waals surface area contributed by atoms with Crippen molar-refractivity contribution in [2.75, 3.05) is 46.4 Å². The molecule has 0 aromatic heterocycles. The molecule has 1 rings (SSSR count). The average Bonchev–Trinajstić information content (AvgIpc) is 2.47. The molecule has 1 saturated heterocycles. The van der Waals surface area contributed by atoms with Crippen LogP contribution >= 0.6 is 24.0 Å². The Bertz CT molecular complexity index is 305. The SMILES string of the molecule is CCNC(=NCCN(C)C(C)C)N1CCC(OCC)CC1.I. The van der Waals surface area contributed by atoms with Gasteiger partial charge in [0.15, 0.2) is 5.96 Å². The van der Waals surface area contributed by atoms with E-state index in [0.29, 0.717) is 12.1 Å². The molecule has 0 radical (unpaired) electrons. The van der Waals surface area contributed by atoms with Crippen LogP contribution in [0, 0.1) is 0 Å². The van der Waals surface area contributed by atoms with E-state index in [9.17, 15) is 0 Å². The van der Waals surface area contributed by atoms with E-state index in [1.165, 1.54) is 0 Å². The molecule has 1 aliphatic heterocycles. The molecule has 1 aliphatic rings. The van der Waals surface area contributed by atoms with E-state index in [1.807, 2.05) is 0 Å². The van der Waals surface area contributed by atoms with Gasteiger partial charge < -0.3 is 19.9 Å². The van der Waals surface area contributed by atoms with E-state index in [1.54, 1.807) is 0 Å². The summed E-state index contributed by atoms with van der Waals surface area (Å²) in [5, 5.41) is 3.42. The van der Waals surface area contributed by atoms with E-state index in [4.69, 9.17) is 9.73 Å². The molecule has 1 heterocycles. The lowest BCUT2D eigenvalue weighted by Gasteiger charge is -2.34. The summed E-state index contributed by atoms with van der Waals surface area (Å²) in [6, 6.07) is 0.574. The molecule has 132 valence electrons. The maximum atomic E-state index is 5.72. The van der Waals surface area contributed by atoms with Gasteiger partial charge in [0.25, 0.3) is 0 Å². The van der Waals surface area contributed by atoms with Gasteiger partial charge >= 0.3 is 0 Å². The average molecular weight is 426 g/mol. The molecular formula is C16H35IN4O. The monoisotopic (exact) mass is 426 g/mol. The van der Waals surface area contributed by atoms with Gasteiger partial charge in [-0.05, 0) is 47.6 Å². The van der Waals surface area contributed by atoms with Gasteiger partial charge in [-0.3, -0.25) is 4.99 Å². The van der Waals surface area contributed by atoms with Crippen molar-refractivity contribution < 1.29 is 4.74 Å². The van der Waals surface area contributed by atoms with Crippen molar-refractivity contribution in [1.82, 2.24) is 15.1 Å². The number of halogens is 1. The molecule has 6 heteroatoms. The van der Waals surface area contributed by atoms with Crippen molar-refractivity contribution in [2.45, 2.75) is 52.7 Å². The summed E-state index contributed by atoms with van der Waals surface area (Å²) in [5.74, 6) is 1.06. The number of likely N-dealkylation sites (tertiary alicyclic amines) is 1. The van der Waals surface area contributed by atoms with E-state index in [0.717, 1.165) is 58.1 Å². The quantitative estimate of drug-likeness (QED) is 0.386. The lowest BCUT2D eigenvalue weighted by Crippen LogP contribution is -2.47. The molecule has 22 heavy (non-hydrogen) atoms. The van der Waals surface area contributed by atoms with Crippen LogP contribution in [0.5, 0.6) is 0 Å². The Morgan fingerprint density at radius 3 is 2.45 bits per heavy atom. The maximum absolute atomic E-state index is 5.72. The second-order valence-electron chi connectivity index (χ2n) is 5.95. The minimum Gasteiger partial charge on any atom is -0.378 e. The van der Waals surface area contributed by atoms with Crippen molar-refractivity contribution in [2.24, 2.45) is 4.99 Å². The van der Waals surface area contributed by atoms with E-state index in [2.05, 4.69) is 49.9 Å². The molecular weight excluding hydrogens is 391 g/mol. The third-order valence-corrected chi connectivity index (χ3v) is 4.07. The van der Waals surface area contributed by atoms with Crippen LogP contribution in [0.4, 0.5) is 0 Å². The zero-order valence-corrected chi connectivity index (χ0v) is 17.3. The summed E-state index contributed by atoms with van der Waals surface area (Å²) in [5.41, 5.74) is 0. The highest BCUT2D eigenvalue weighted by atomic mass is 127. The van der Waals surface area contributed by atoms with Gasteiger partial charge in [0, 0.05) is 38.8 Å². The molecule has 1 fully saturated rings. The van der Waals surface area contributed by atoms with Crippen LogP contribution in [0.3, 0.4) is 0 Å². The minimum atomic E-state index is 0. The van der Waals surface area contributed by atoms with Gasteiger partial charge in [-0.1, -0.05) is 0 Å². The summed E-state index contributed by atoms with van der Waals surface area (Å²) in [6.07, 6.45) is 2.63. The standard InChI is InChI=1S/C16H34N4O.HI/c1-6-17-16(18-10-13-19(5)14(3)4)20-11-8-15(9-12-20)21-7-2;/h14-15H,6-13H2,1-5H3,(H,17,18);1H. The molecule has 0 aromatic rings. The van der Waals surface area contributed by atoms with Crippen molar-refractivity contribution >= 4 is 29.9 Å². The van der Waals surface area contributed by atoms with E-state index in [-0.39, 0.29) is 24.0 Å². The molecule has 0 atom stereocenters. The molecule has 0 saturated carbocycles. The summed E-state index contributed by atoms with van der Waals surface area (Å²) >= 11 is 0. The van der Waals surface area contributed by atoms with Gasteiger partial charge in [0.05, 0.1) is 12.6 Å². The second kappa shape index (κ2) is 12.4. The van der Waals surface area contributed by atoms with Crippen LogP contribution in [0.1, 0.15) is 40.5 Å². The zero-order valence-electron chi connectivity index (χ0n) is 15.0. The predicted octanol–water partition coefficient (Wildman–Crippen LogP) is 2.41. The van der Waals surface area contributed by atoms with Crippen molar-refractivity contribution in [3.8, 4) is 0 Å². The number of piperidine rings is 1. The lowest BCUT2D eigenvalue weighted by atomic mass is 10.1. The third-order valence-electron chi connectivity index (χ3n) is 4.07. The largest absolute Gasteiger partial charge is 0.378 e. The van der Waals surface area contributed by atoms with Crippen LogP contribution in [-0.2, 0) is 4.74 Å². The number of guanidine groups is 1. The first kappa shape index (κ1) is 21.9. The Kier molecular flexibility index (Phi) is 12.3. The van der Waals surface area contributed by atoms with Crippen LogP contribution in [0.25, 0.3) is 0 Å². The summed E-state index contributed by atoms with van der Waals surface area (Å²) in [7, 11) is 2.15. The van der Waals surface area contributed by atoms with Gasteiger partial charge in [-0.15, -0.1) is 24.0 Å². The highest BCUT2D eigenvalue weighted by Gasteiger charge is 2.21. The summed E-state index contributed by atoms with van der Waals surface area (Å²) in [6.45, 7) is 14.3. The number of nitrogens with zero attached hydrogens (tertiary/aromatic N) is 3. The van der Waals surface area contributed by atoms with Crippen LogP contribution in [0.2, 0.25) is 0 Å². The molecule has 0 unspecified atom stereocenters. The molecule has 1 N–H and O–H groups in total. The fourth-order valence-electron chi connectivity index (χ4n) is 2.47. The Morgan fingerprint density at radius 2 is 1.95 bits per heavy atom. The minimum absolute atomic E-state index is 0. The van der Waals surface area contributed by atoms with Gasteiger partial charge in [-0.2, -0.15) is 0 Å². The van der Waals surface area contributed by atoms with Crippen molar-refractivity contribution in [3.05, 3.63) is 0 Å². The highest BCUT2D eigenvalue weighted by Crippen LogP contribution is 2.13. The Morgan fingerprint density at radius 1 is 1.32 bits per heavy atom. The second-order valence-corrected chi connectivity index (χ2v) is 5.95. The Hall–Kier alpha value is -0.0800. The molecule has 0 aliphatic carbocycles. The molecule has 0 spiro atoms. The maximum Gasteiger partial charge on any atom is 0.193 e.